The molecule has 6 aromatic heterocycles. The number of nitrogens with zero attached hydrogens (tertiary/aromatic N) is 9. The van der Waals surface area contributed by atoms with Crippen molar-refractivity contribution in [1.82, 2.24) is 59.1 Å². The van der Waals surface area contributed by atoms with E-state index >= 15 is 0 Å². The molecular weight excluding hydrogens is 1080 g/mol. The number of benzene rings is 2. The van der Waals surface area contributed by atoms with Crippen molar-refractivity contribution in [3.05, 3.63) is 149 Å². The fourth-order valence-electron chi connectivity index (χ4n) is 8.83. The Kier molecular flexibility index (Phi) is 22.3. The molecule has 25 heteroatoms. The van der Waals surface area contributed by atoms with Crippen molar-refractivity contribution in [2.24, 2.45) is 0 Å². The minimum Gasteiger partial charge on any atom is -0.494 e. The fourth-order valence-corrected chi connectivity index (χ4v) is 9.03. The Balaban J connectivity index is 0.000000254. The number of carbonyl (C=O) groups is 8. The fraction of sp³-hybridized carbons (Fsp3) is 0.298. The Morgan fingerprint density at radius 2 is 1.02 bits per heavy atom. The number of carboxylic acids is 2. The number of amides is 4. The number of Topliss-reactive ketones (excluding diaryl/α,β-unsaturated/α-hetero) is 2. The number of imidazole rings is 2. The summed E-state index contributed by atoms with van der Waals surface area (Å²) in [5.74, 6) is -3.47. The smallest absolute Gasteiger partial charge is 0.303 e. The van der Waals surface area contributed by atoms with E-state index in [1.165, 1.54) is 61.5 Å². The number of piperazine rings is 2. The lowest BCUT2D eigenvalue weighted by Gasteiger charge is -2.34. The van der Waals surface area contributed by atoms with E-state index in [9.17, 15) is 38.4 Å². The summed E-state index contributed by atoms with van der Waals surface area (Å²) in [6.07, 6.45) is 13.0. The summed E-state index contributed by atoms with van der Waals surface area (Å²) < 4.78 is 12.3. The number of rotatable bonds is 15. The maximum absolute atomic E-state index is 13.4. The van der Waals surface area contributed by atoms with Gasteiger partial charge in [0, 0.05) is 100 Å². The van der Waals surface area contributed by atoms with Crippen LogP contribution < -0.4 is 9.47 Å². The molecule has 0 aliphatic carbocycles. The Labute approximate surface area is 477 Å². The largest absolute Gasteiger partial charge is 0.494 e. The van der Waals surface area contributed by atoms with Gasteiger partial charge in [0.1, 0.15) is 17.8 Å². The van der Waals surface area contributed by atoms with E-state index in [4.69, 9.17) is 31.3 Å². The zero-order valence-corrected chi connectivity index (χ0v) is 43.5. The minimum atomic E-state index is -0.920. The van der Waals surface area contributed by atoms with Gasteiger partial charge in [0.05, 0.1) is 84.4 Å². The van der Waals surface area contributed by atoms with Crippen LogP contribution >= 0.6 is 11.6 Å². The standard InChI is InChI=1S/C27H26N6O6.C21H19ClN4O4.C6H8N2O2.3CH4/c1-39-20-14-29-25(33-15-18(30-16-33)7-8-21(34)35)23-22(20)19(13-28-23)24(36)27(38)32-11-9-31(10-12-32)26(37)17-5-3-2-4-6-17;1-30-15-12-24-19(22)17-16(15)14(11-23-17)18(27)21(29)26-9-7-25(8-10-26)20(28)13-5-3-2-4-6-13;9-6(10)2-1-5-3-7-4-8-5;;;/h2-6,13-16,28H,7-12H2,1H3,(H,34,35);2-6,11-12,23H,7-10H2,1H3;3-4H,1-2H2,(H,7,8)(H,9,10);3*1H4. The van der Waals surface area contributed by atoms with Crippen LogP contribution in [0.5, 0.6) is 11.5 Å². The SMILES string of the molecule is C.C.C.COc1cnc(-n2cnc(CCC(=O)O)c2)c2[nH]cc(C(=O)C(=O)N3CCN(C(=O)c4ccccc4)CC3)c12.COc1cnc(Cl)c2[nH]cc(C(=O)C(=O)N3CCN(C(=O)c4ccccc4)CC3)c12.O=C(O)CCc1cnc[nH]1. The highest BCUT2D eigenvalue weighted by atomic mass is 35.5. The Morgan fingerprint density at radius 1 is 0.573 bits per heavy atom. The first kappa shape index (κ1) is 63.1. The number of aliphatic carboxylic acids is 2. The van der Waals surface area contributed by atoms with Crippen molar-refractivity contribution in [3.8, 4) is 17.3 Å². The van der Waals surface area contributed by atoms with Crippen LogP contribution in [0.15, 0.2) is 110 Å². The van der Waals surface area contributed by atoms with Crippen molar-refractivity contribution >= 4 is 80.5 Å². The first-order valence-corrected chi connectivity index (χ1v) is 25.1. The van der Waals surface area contributed by atoms with Crippen molar-refractivity contribution in [3.63, 3.8) is 0 Å². The van der Waals surface area contributed by atoms with E-state index in [0.717, 1.165) is 5.69 Å². The Hall–Kier alpha value is -9.71. The number of halogens is 1. The quantitative estimate of drug-likeness (QED) is 0.0407. The summed E-state index contributed by atoms with van der Waals surface area (Å²) in [6, 6.07) is 17.9. The van der Waals surface area contributed by atoms with Crippen LogP contribution in [0.3, 0.4) is 0 Å². The number of methoxy groups -OCH3 is 2. The molecule has 0 atom stereocenters. The highest BCUT2D eigenvalue weighted by Gasteiger charge is 2.33. The van der Waals surface area contributed by atoms with Crippen LogP contribution in [-0.4, -0.2) is 183 Å². The molecule has 10 rings (SSSR count). The van der Waals surface area contributed by atoms with Gasteiger partial charge in [0.25, 0.3) is 35.2 Å². The average molecular weight is 1150 g/mol. The van der Waals surface area contributed by atoms with Gasteiger partial charge in [0.15, 0.2) is 11.0 Å². The van der Waals surface area contributed by atoms with E-state index in [2.05, 4.69) is 34.9 Å². The number of carbonyl (C=O) groups excluding carboxylic acids is 6. The van der Waals surface area contributed by atoms with Gasteiger partial charge in [-0.25, -0.2) is 19.9 Å². The molecule has 2 aliphatic heterocycles. The van der Waals surface area contributed by atoms with Gasteiger partial charge in [-0.3, -0.25) is 42.9 Å². The summed E-state index contributed by atoms with van der Waals surface area (Å²) in [6.45, 7) is 2.41. The van der Waals surface area contributed by atoms with Crippen molar-refractivity contribution in [1.29, 1.82) is 0 Å². The number of ether oxygens (including phenoxy) is 2. The van der Waals surface area contributed by atoms with Gasteiger partial charge in [-0.05, 0) is 30.7 Å². The molecule has 5 N–H and O–H groups in total. The van der Waals surface area contributed by atoms with Crippen LogP contribution in [0.4, 0.5) is 0 Å². The first-order valence-electron chi connectivity index (χ1n) is 24.7. The number of ketones is 2. The van der Waals surface area contributed by atoms with Crippen LogP contribution in [0.2, 0.25) is 5.15 Å². The number of carboxylic acid groups (broad SMARTS) is 2. The van der Waals surface area contributed by atoms with Gasteiger partial charge in [-0.1, -0.05) is 70.3 Å². The second-order valence-corrected chi connectivity index (χ2v) is 18.2. The summed E-state index contributed by atoms with van der Waals surface area (Å²) in [4.78, 5) is 130. The number of aromatic amines is 3. The average Bonchev–Trinajstić information content (AvgIpc) is 4.53. The van der Waals surface area contributed by atoms with E-state index in [1.807, 2.05) is 24.3 Å². The van der Waals surface area contributed by atoms with Gasteiger partial charge in [-0.15, -0.1) is 0 Å². The topological polar surface area (TPSA) is 312 Å². The van der Waals surface area contributed by atoms with Crippen LogP contribution in [-0.2, 0) is 32.0 Å². The summed E-state index contributed by atoms with van der Waals surface area (Å²) in [7, 11) is 2.90. The summed E-state index contributed by atoms with van der Waals surface area (Å²) in [5, 5.41) is 18.2. The molecule has 2 aliphatic rings. The number of fused-ring (bicyclic) bond motifs is 2. The molecule has 0 bridgehead atoms. The lowest BCUT2D eigenvalue weighted by atomic mass is 10.1. The molecule has 8 heterocycles. The molecule has 0 spiro atoms. The third kappa shape index (κ3) is 14.6. The molecule has 8 aromatic rings. The second kappa shape index (κ2) is 29.0. The first-order chi connectivity index (χ1) is 38.2. The number of aromatic nitrogens is 8. The number of hydrogen-bond donors (Lipinski definition) is 5. The lowest BCUT2D eigenvalue weighted by molar-refractivity contribution is -0.138. The second-order valence-electron chi connectivity index (χ2n) is 17.9. The van der Waals surface area contributed by atoms with E-state index < -0.39 is 35.3 Å². The molecule has 0 saturated carbocycles. The molecule has 432 valence electrons. The van der Waals surface area contributed by atoms with E-state index in [-0.39, 0.29) is 95.8 Å². The van der Waals surface area contributed by atoms with Gasteiger partial charge >= 0.3 is 11.9 Å². The highest BCUT2D eigenvalue weighted by molar-refractivity contribution is 6.46. The third-order valence-electron chi connectivity index (χ3n) is 13.0. The maximum atomic E-state index is 13.4. The van der Waals surface area contributed by atoms with E-state index in [0.29, 0.717) is 88.5 Å². The zero-order valence-electron chi connectivity index (χ0n) is 42.8. The van der Waals surface area contributed by atoms with Crippen LogP contribution in [0, 0.1) is 0 Å². The Morgan fingerprint density at radius 3 is 1.49 bits per heavy atom. The molecule has 0 radical (unpaired) electrons. The van der Waals surface area contributed by atoms with Gasteiger partial charge < -0.3 is 54.2 Å². The lowest BCUT2D eigenvalue weighted by Crippen LogP contribution is -2.52. The minimum absolute atomic E-state index is 0. The Bertz CT molecular complexity index is 3510. The molecule has 24 nitrogen and oxygen atoms in total. The predicted octanol–water partition coefficient (Wildman–Crippen LogP) is 6.67. The molecule has 2 aromatic carbocycles. The van der Waals surface area contributed by atoms with Crippen LogP contribution in [0.1, 0.15) is 87.9 Å². The van der Waals surface area contributed by atoms with Crippen molar-refractivity contribution in [2.45, 2.75) is 48.0 Å². The van der Waals surface area contributed by atoms with Crippen molar-refractivity contribution in [2.75, 3.05) is 66.6 Å². The number of H-pyrrole nitrogens is 3. The zero-order chi connectivity index (χ0) is 56.2. The molecule has 0 unspecified atom stereocenters. The predicted molar refractivity (Wildman–Crippen MR) is 305 cm³/mol. The molecule has 4 amide bonds. The number of pyridine rings is 2. The number of nitrogens with one attached hydrogen (secondary N) is 3. The number of hydrogen-bond acceptors (Lipinski definition) is 14. The third-order valence-corrected chi connectivity index (χ3v) is 13.3. The van der Waals surface area contributed by atoms with Gasteiger partial charge in [0.2, 0.25) is 0 Å². The molecule has 2 saturated heterocycles. The molecular formula is C57H65ClN12O12. The van der Waals surface area contributed by atoms with Crippen molar-refractivity contribution < 1.29 is 58.0 Å². The highest BCUT2D eigenvalue weighted by Crippen LogP contribution is 2.34. The normalized spacial score (nSPS) is 12.7. The monoisotopic (exact) mass is 1140 g/mol. The number of aryl methyl sites for hydroxylation is 2. The summed E-state index contributed by atoms with van der Waals surface area (Å²) in [5.41, 5.74) is 3.84. The van der Waals surface area contributed by atoms with Gasteiger partial charge in [-0.2, -0.15) is 0 Å². The van der Waals surface area contributed by atoms with E-state index in [1.54, 1.807) is 63.2 Å². The molecule has 2 fully saturated rings. The van der Waals surface area contributed by atoms with Crippen LogP contribution in [0.25, 0.3) is 27.6 Å². The summed E-state index contributed by atoms with van der Waals surface area (Å²) >= 11 is 6.09. The maximum Gasteiger partial charge on any atom is 0.303 e. The molecule has 82 heavy (non-hydrogen) atoms.